The molecular formula is C13H16N2O2. The summed E-state index contributed by atoms with van der Waals surface area (Å²) in [5.74, 6) is 1.42. The van der Waals surface area contributed by atoms with Crippen molar-refractivity contribution in [3.63, 3.8) is 0 Å². The van der Waals surface area contributed by atoms with E-state index >= 15 is 0 Å². The molecule has 0 N–H and O–H groups in total. The SMILES string of the molecule is CC(C)(C)c1ccccc1OCc1ncon1. The molecule has 2 aromatic rings. The van der Waals surface area contributed by atoms with Crippen LogP contribution in [0.2, 0.25) is 0 Å². The van der Waals surface area contributed by atoms with Crippen molar-refractivity contribution < 1.29 is 9.26 Å². The van der Waals surface area contributed by atoms with Gasteiger partial charge in [-0.1, -0.05) is 44.1 Å². The van der Waals surface area contributed by atoms with Crippen LogP contribution in [0, 0.1) is 0 Å². The van der Waals surface area contributed by atoms with Crippen LogP contribution in [0.3, 0.4) is 0 Å². The summed E-state index contributed by atoms with van der Waals surface area (Å²) in [6.07, 6.45) is 1.30. The fourth-order valence-corrected chi connectivity index (χ4v) is 1.61. The van der Waals surface area contributed by atoms with Crippen LogP contribution in [0.25, 0.3) is 0 Å². The first-order valence-corrected chi connectivity index (χ1v) is 5.55. The second-order valence-electron chi connectivity index (χ2n) is 4.88. The van der Waals surface area contributed by atoms with E-state index in [1.807, 2.05) is 18.2 Å². The Balaban J connectivity index is 2.16. The summed E-state index contributed by atoms with van der Waals surface area (Å²) in [5.41, 5.74) is 1.22. The van der Waals surface area contributed by atoms with E-state index in [9.17, 15) is 0 Å². The zero-order valence-corrected chi connectivity index (χ0v) is 10.3. The van der Waals surface area contributed by atoms with Crippen molar-refractivity contribution in [1.29, 1.82) is 0 Å². The molecule has 0 saturated heterocycles. The molecule has 0 aliphatic carbocycles. The number of rotatable bonds is 3. The number of ether oxygens (including phenoxy) is 1. The summed E-state index contributed by atoms with van der Waals surface area (Å²) < 4.78 is 10.4. The molecule has 17 heavy (non-hydrogen) atoms. The van der Waals surface area contributed by atoms with Gasteiger partial charge >= 0.3 is 0 Å². The standard InChI is InChI=1S/C13H16N2O2/c1-13(2,3)10-6-4-5-7-11(10)16-8-12-14-9-17-15-12/h4-7,9H,8H2,1-3H3. The largest absolute Gasteiger partial charge is 0.485 e. The molecule has 0 aliphatic rings. The maximum atomic E-state index is 5.72. The molecule has 1 aromatic heterocycles. The molecule has 0 fully saturated rings. The number of aromatic nitrogens is 2. The number of benzene rings is 1. The Bertz CT molecular complexity index is 472. The molecule has 0 aliphatic heterocycles. The maximum absolute atomic E-state index is 5.72. The molecular weight excluding hydrogens is 216 g/mol. The molecule has 4 nitrogen and oxygen atoms in total. The van der Waals surface area contributed by atoms with Gasteiger partial charge in [0, 0.05) is 0 Å². The lowest BCUT2D eigenvalue weighted by molar-refractivity contribution is 0.279. The van der Waals surface area contributed by atoms with Crippen molar-refractivity contribution in [2.75, 3.05) is 0 Å². The maximum Gasteiger partial charge on any atom is 0.213 e. The van der Waals surface area contributed by atoms with E-state index in [0.717, 1.165) is 5.75 Å². The minimum absolute atomic E-state index is 0.0495. The number of para-hydroxylation sites is 1. The van der Waals surface area contributed by atoms with Crippen LogP contribution >= 0.6 is 0 Å². The number of hydrogen-bond donors (Lipinski definition) is 0. The predicted molar refractivity (Wildman–Crippen MR) is 63.8 cm³/mol. The van der Waals surface area contributed by atoms with Gasteiger partial charge in [0.1, 0.15) is 5.75 Å². The van der Waals surface area contributed by atoms with Gasteiger partial charge in [-0.2, -0.15) is 4.98 Å². The Kier molecular flexibility index (Phi) is 3.13. The zero-order chi connectivity index (χ0) is 12.3. The van der Waals surface area contributed by atoms with Crippen LogP contribution in [0.1, 0.15) is 32.2 Å². The van der Waals surface area contributed by atoms with Gasteiger partial charge in [-0.15, -0.1) is 0 Å². The van der Waals surface area contributed by atoms with E-state index in [2.05, 4.69) is 41.5 Å². The fraction of sp³-hybridized carbons (Fsp3) is 0.385. The second kappa shape index (κ2) is 4.57. The van der Waals surface area contributed by atoms with Crippen LogP contribution in [-0.2, 0) is 12.0 Å². The number of nitrogens with zero attached hydrogens (tertiary/aromatic N) is 2. The molecule has 0 saturated carbocycles. The minimum atomic E-state index is 0.0495. The summed E-state index contributed by atoms with van der Waals surface area (Å²) in [6, 6.07) is 8.01. The van der Waals surface area contributed by atoms with Crippen molar-refractivity contribution in [2.45, 2.75) is 32.8 Å². The van der Waals surface area contributed by atoms with Crippen LogP contribution < -0.4 is 4.74 Å². The van der Waals surface area contributed by atoms with Gasteiger partial charge in [0.2, 0.25) is 12.2 Å². The molecule has 2 rings (SSSR count). The zero-order valence-electron chi connectivity index (χ0n) is 10.3. The lowest BCUT2D eigenvalue weighted by atomic mass is 9.86. The van der Waals surface area contributed by atoms with Gasteiger partial charge in [-0.3, -0.25) is 0 Å². The summed E-state index contributed by atoms with van der Waals surface area (Å²) in [6.45, 7) is 6.79. The first-order valence-electron chi connectivity index (χ1n) is 5.55. The molecule has 0 bridgehead atoms. The summed E-state index contributed by atoms with van der Waals surface area (Å²) >= 11 is 0. The van der Waals surface area contributed by atoms with Gasteiger partial charge in [0.15, 0.2) is 6.61 Å². The van der Waals surface area contributed by atoms with Crippen LogP contribution in [0.4, 0.5) is 0 Å². The summed E-state index contributed by atoms with van der Waals surface area (Å²) in [5, 5.41) is 3.71. The van der Waals surface area contributed by atoms with Crippen LogP contribution in [0.5, 0.6) is 5.75 Å². The Morgan fingerprint density at radius 1 is 1.24 bits per heavy atom. The average molecular weight is 232 g/mol. The topological polar surface area (TPSA) is 48.2 Å². The molecule has 0 unspecified atom stereocenters. The van der Waals surface area contributed by atoms with Gasteiger partial charge in [0.25, 0.3) is 0 Å². The van der Waals surface area contributed by atoms with Gasteiger partial charge in [0.05, 0.1) is 0 Å². The second-order valence-corrected chi connectivity index (χ2v) is 4.88. The van der Waals surface area contributed by atoms with Crippen LogP contribution in [-0.4, -0.2) is 10.1 Å². The summed E-state index contributed by atoms with van der Waals surface area (Å²) in [4.78, 5) is 3.92. The third-order valence-corrected chi connectivity index (χ3v) is 2.46. The van der Waals surface area contributed by atoms with E-state index in [-0.39, 0.29) is 5.41 Å². The molecule has 1 heterocycles. The van der Waals surface area contributed by atoms with E-state index < -0.39 is 0 Å². The molecule has 0 atom stereocenters. The molecule has 0 radical (unpaired) electrons. The smallest absolute Gasteiger partial charge is 0.213 e. The van der Waals surface area contributed by atoms with Crippen LogP contribution in [0.15, 0.2) is 35.2 Å². The highest BCUT2D eigenvalue weighted by Gasteiger charge is 2.18. The molecule has 90 valence electrons. The first-order chi connectivity index (χ1) is 8.07. The van der Waals surface area contributed by atoms with Crippen molar-refractivity contribution in [2.24, 2.45) is 0 Å². The quantitative estimate of drug-likeness (QED) is 0.816. The first kappa shape index (κ1) is 11.6. The lowest BCUT2D eigenvalue weighted by Gasteiger charge is -2.22. The lowest BCUT2D eigenvalue weighted by Crippen LogP contribution is -2.13. The van der Waals surface area contributed by atoms with Gasteiger partial charge in [-0.05, 0) is 17.0 Å². The highest BCUT2D eigenvalue weighted by Crippen LogP contribution is 2.31. The monoisotopic (exact) mass is 232 g/mol. The Morgan fingerprint density at radius 3 is 2.65 bits per heavy atom. The van der Waals surface area contributed by atoms with E-state index in [1.165, 1.54) is 12.0 Å². The molecule has 4 heteroatoms. The predicted octanol–water partition coefficient (Wildman–Crippen LogP) is 2.95. The van der Waals surface area contributed by atoms with Crippen molar-refractivity contribution >= 4 is 0 Å². The number of hydrogen-bond acceptors (Lipinski definition) is 4. The van der Waals surface area contributed by atoms with Crippen molar-refractivity contribution in [3.05, 3.63) is 42.0 Å². The van der Waals surface area contributed by atoms with Gasteiger partial charge < -0.3 is 9.26 Å². The van der Waals surface area contributed by atoms with E-state index in [4.69, 9.17) is 4.74 Å². The minimum Gasteiger partial charge on any atom is -0.485 e. The fourth-order valence-electron chi connectivity index (χ4n) is 1.61. The highest BCUT2D eigenvalue weighted by molar-refractivity contribution is 5.38. The molecule has 0 spiro atoms. The van der Waals surface area contributed by atoms with Crippen molar-refractivity contribution in [1.82, 2.24) is 10.1 Å². The Hall–Kier alpha value is -1.84. The average Bonchev–Trinajstić information content (AvgIpc) is 2.78. The summed E-state index contributed by atoms with van der Waals surface area (Å²) in [7, 11) is 0. The molecule has 0 amide bonds. The highest BCUT2D eigenvalue weighted by atomic mass is 16.5. The van der Waals surface area contributed by atoms with Crippen molar-refractivity contribution in [3.8, 4) is 5.75 Å². The third kappa shape index (κ3) is 2.84. The Morgan fingerprint density at radius 2 is 2.00 bits per heavy atom. The normalized spacial score (nSPS) is 11.5. The van der Waals surface area contributed by atoms with Gasteiger partial charge in [-0.25, -0.2) is 0 Å². The molecule has 1 aromatic carbocycles. The van der Waals surface area contributed by atoms with E-state index in [1.54, 1.807) is 0 Å². The Labute approximate surface area is 101 Å². The third-order valence-electron chi connectivity index (χ3n) is 2.46. The van der Waals surface area contributed by atoms with E-state index in [0.29, 0.717) is 12.4 Å².